The molecule has 2 aliphatic rings. The van der Waals surface area contributed by atoms with Crippen molar-refractivity contribution in [3.8, 4) is 0 Å². The van der Waals surface area contributed by atoms with Crippen LogP contribution >= 0.6 is 15.9 Å². The Hall–Kier alpha value is -1.69. The van der Waals surface area contributed by atoms with Gasteiger partial charge in [0.2, 0.25) is 5.43 Å². The predicted octanol–water partition coefficient (Wildman–Crippen LogP) is 2.48. The molecule has 1 aliphatic heterocycles. The van der Waals surface area contributed by atoms with Crippen molar-refractivity contribution in [2.24, 2.45) is 0 Å². The lowest BCUT2D eigenvalue weighted by Crippen LogP contribution is -2.21. The zero-order chi connectivity index (χ0) is 14.0. The van der Waals surface area contributed by atoms with Crippen LogP contribution in [0.5, 0.6) is 0 Å². The van der Waals surface area contributed by atoms with Gasteiger partial charge in [-0.15, -0.1) is 0 Å². The molecule has 1 N–H and O–H groups in total. The number of nitrogens with one attached hydrogen (secondary N) is 1. The van der Waals surface area contributed by atoms with Crippen molar-refractivity contribution in [2.75, 3.05) is 0 Å². The Morgan fingerprint density at radius 1 is 1.30 bits per heavy atom. The van der Waals surface area contributed by atoms with Gasteiger partial charge in [-0.05, 0) is 40.9 Å². The topological polar surface area (TPSA) is 51.1 Å². The number of carbonyl (C=O) groups is 1. The molecule has 1 aliphatic carbocycles. The van der Waals surface area contributed by atoms with E-state index in [9.17, 15) is 14.0 Å². The summed E-state index contributed by atoms with van der Waals surface area (Å²) in [4.78, 5) is 24.3. The second-order valence-corrected chi connectivity index (χ2v) is 6.07. The molecule has 102 valence electrons. The summed E-state index contributed by atoms with van der Waals surface area (Å²) < 4.78 is 16.1. The number of amides is 1. The maximum Gasteiger partial charge on any atom is 0.257 e. The highest BCUT2D eigenvalue weighted by Crippen LogP contribution is 2.40. The summed E-state index contributed by atoms with van der Waals surface area (Å²) in [5.74, 6) is -0.847. The number of nitrogens with zero attached hydrogens (tertiary/aromatic N) is 1. The van der Waals surface area contributed by atoms with Gasteiger partial charge in [0.1, 0.15) is 11.4 Å². The fourth-order valence-electron chi connectivity index (χ4n) is 2.86. The van der Waals surface area contributed by atoms with Crippen LogP contribution in [-0.4, -0.2) is 10.5 Å². The molecule has 6 heteroatoms. The molecular formula is C14H10BrFN2O2. The molecule has 0 spiro atoms. The Balaban J connectivity index is 2.22. The van der Waals surface area contributed by atoms with E-state index in [1.165, 1.54) is 6.07 Å². The van der Waals surface area contributed by atoms with Crippen LogP contribution in [0.15, 0.2) is 21.4 Å². The third-order valence-electron chi connectivity index (χ3n) is 3.90. The first-order valence-corrected chi connectivity index (χ1v) is 7.21. The van der Waals surface area contributed by atoms with E-state index in [0.717, 1.165) is 18.5 Å². The monoisotopic (exact) mass is 336 g/mol. The molecule has 0 bridgehead atoms. The fraction of sp³-hybridized carbons (Fsp3) is 0.286. The van der Waals surface area contributed by atoms with Crippen LogP contribution < -0.4 is 10.7 Å². The summed E-state index contributed by atoms with van der Waals surface area (Å²) >= 11 is 3.16. The number of fused-ring (bicyclic) bond motifs is 2. The van der Waals surface area contributed by atoms with Crippen molar-refractivity contribution in [2.45, 2.75) is 25.4 Å². The Bertz CT molecular complexity index is 839. The maximum atomic E-state index is 13.7. The minimum absolute atomic E-state index is 0.172. The number of hydrogen-bond donors (Lipinski definition) is 1. The van der Waals surface area contributed by atoms with Gasteiger partial charge >= 0.3 is 0 Å². The van der Waals surface area contributed by atoms with E-state index in [4.69, 9.17) is 0 Å². The molecule has 4 rings (SSSR count). The van der Waals surface area contributed by atoms with Gasteiger partial charge in [0.15, 0.2) is 0 Å². The molecule has 0 atom stereocenters. The zero-order valence-corrected chi connectivity index (χ0v) is 12.0. The highest BCUT2D eigenvalue weighted by atomic mass is 79.9. The Kier molecular flexibility index (Phi) is 2.36. The van der Waals surface area contributed by atoms with Gasteiger partial charge in [0.25, 0.3) is 5.91 Å². The lowest BCUT2D eigenvalue weighted by atomic mass is 10.1. The standard InChI is InChI=1S/C14H10BrFN2O2/c15-8-4-10-7(3-9(8)16)13(19)12-11(5-17-14(12)20)18(10)6-1-2-6/h3-4,6H,1-2,5H2,(H,17,20). The molecule has 2 aromatic rings. The van der Waals surface area contributed by atoms with Crippen molar-refractivity contribution in [1.29, 1.82) is 0 Å². The van der Waals surface area contributed by atoms with Gasteiger partial charge in [-0.1, -0.05) is 0 Å². The van der Waals surface area contributed by atoms with E-state index in [-0.39, 0.29) is 22.3 Å². The first-order valence-electron chi connectivity index (χ1n) is 6.42. The van der Waals surface area contributed by atoms with Gasteiger partial charge in [0.05, 0.1) is 22.2 Å². The second-order valence-electron chi connectivity index (χ2n) is 5.22. The van der Waals surface area contributed by atoms with E-state index < -0.39 is 5.82 Å². The molecule has 1 aromatic carbocycles. The minimum Gasteiger partial charge on any atom is -0.346 e. The van der Waals surface area contributed by atoms with Gasteiger partial charge in [-0.2, -0.15) is 0 Å². The Morgan fingerprint density at radius 3 is 2.75 bits per heavy atom. The molecule has 1 aromatic heterocycles. The summed E-state index contributed by atoms with van der Waals surface area (Å²) in [6, 6.07) is 3.15. The largest absolute Gasteiger partial charge is 0.346 e. The van der Waals surface area contributed by atoms with Gasteiger partial charge in [-0.25, -0.2) is 4.39 Å². The first kappa shape index (κ1) is 12.1. The zero-order valence-electron chi connectivity index (χ0n) is 10.4. The van der Waals surface area contributed by atoms with Crippen LogP contribution in [0.1, 0.15) is 34.9 Å². The summed E-state index contributed by atoms with van der Waals surface area (Å²) in [5.41, 5.74) is 1.22. The Morgan fingerprint density at radius 2 is 2.05 bits per heavy atom. The van der Waals surface area contributed by atoms with Gasteiger partial charge in [0, 0.05) is 11.4 Å². The summed E-state index contributed by atoms with van der Waals surface area (Å²) in [7, 11) is 0. The molecule has 0 unspecified atom stereocenters. The van der Waals surface area contributed by atoms with Crippen molar-refractivity contribution in [1.82, 2.24) is 9.88 Å². The van der Waals surface area contributed by atoms with E-state index in [2.05, 4.69) is 21.2 Å². The molecular weight excluding hydrogens is 327 g/mol. The maximum absolute atomic E-state index is 13.7. The molecule has 2 heterocycles. The molecule has 1 amide bonds. The molecule has 1 fully saturated rings. The lowest BCUT2D eigenvalue weighted by Gasteiger charge is -2.15. The normalized spacial score (nSPS) is 17.4. The fourth-order valence-corrected chi connectivity index (χ4v) is 3.19. The number of pyridine rings is 1. The average Bonchev–Trinajstić information content (AvgIpc) is 3.16. The summed E-state index contributed by atoms with van der Waals surface area (Å²) in [6.45, 7) is 0.366. The molecule has 4 nitrogen and oxygen atoms in total. The smallest absolute Gasteiger partial charge is 0.257 e. The number of halogens is 2. The van der Waals surface area contributed by atoms with E-state index in [1.807, 2.05) is 4.57 Å². The van der Waals surface area contributed by atoms with Gasteiger partial charge in [-0.3, -0.25) is 9.59 Å². The summed E-state index contributed by atoms with van der Waals surface area (Å²) in [5, 5.41) is 2.96. The number of hydrogen-bond acceptors (Lipinski definition) is 2. The van der Waals surface area contributed by atoms with Crippen LogP contribution in [0.2, 0.25) is 0 Å². The number of rotatable bonds is 1. The number of aromatic nitrogens is 1. The van der Waals surface area contributed by atoms with E-state index >= 15 is 0 Å². The molecule has 0 saturated heterocycles. The van der Waals surface area contributed by atoms with Crippen LogP contribution in [0.4, 0.5) is 4.39 Å². The van der Waals surface area contributed by atoms with E-state index in [1.54, 1.807) is 6.07 Å². The highest BCUT2D eigenvalue weighted by Gasteiger charge is 2.34. The summed E-state index contributed by atoms with van der Waals surface area (Å²) in [6.07, 6.45) is 2.04. The Labute approximate surface area is 121 Å². The number of carbonyl (C=O) groups excluding carboxylic acids is 1. The van der Waals surface area contributed by atoms with Crippen LogP contribution in [0, 0.1) is 5.82 Å². The third-order valence-corrected chi connectivity index (χ3v) is 4.51. The minimum atomic E-state index is -0.490. The molecule has 0 radical (unpaired) electrons. The SMILES string of the molecule is O=C1NCc2c1c(=O)c1cc(F)c(Br)cc1n2C1CC1. The number of benzene rings is 1. The van der Waals surface area contributed by atoms with Crippen LogP contribution in [-0.2, 0) is 6.54 Å². The second kappa shape index (κ2) is 3.91. The van der Waals surface area contributed by atoms with Gasteiger partial charge < -0.3 is 9.88 Å². The lowest BCUT2D eigenvalue weighted by molar-refractivity contribution is 0.0965. The van der Waals surface area contributed by atoms with Crippen molar-refractivity contribution >= 4 is 32.7 Å². The third kappa shape index (κ3) is 1.51. The van der Waals surface area contributed by atoms with Crippen LogP contribution in [0.25, 0.3) is 10.9 Å². The highest BCUT2D eigenvalue weighted by molar-refractivity contribution is 9.10. The quantitative estimate of drug-likeness (QED) is 0.869. The van der Waals surface area contributed by atoms with E-state index in [0.29, 0.717) is 22.6 Å². The molecule has 1 saturated carbocycles. The molecule has 20 heavy (non-hydrogen) atoms. The average molecular weight is 337 g/mol. The van der Waals surface area contributed by atoms with Crippen molar-refractivity contribution in [3.05, 3.63) is 43.9 Å². The first-order chi connectivity index (χ1) is 9.58. The van der Waals surface area contributed by atoms with Crippen molar-refractivity contribution in [3.63, 3.8) is 0 Å². The predicted molar refractivity (Wildman–Crippen MR) is 75.3 cm³/mol. The van der Waals surface area contributed by atoms with Crippen LogP contribution in [0.3, 0.4) is 0 Å². The van der Waals surface area contributed by atoms with Crippen molar-refractivity contribution < 1.29 is 9.18 Å².